The fourth-order valence-electron chi connectivity index (χ4n) is 5.55. The average molecular weight is 536 g/mol. The second-order valence-corrected chi connectivity index (χ2v) is 11.6. The van der Waals surface area contributed by atoms with Gasteiger partial charge in [-0.25, -0.2) is 8.51 Å². The Balaban J connectivity index is 0.00000294. The molecule has 3 aliphatic rings. The Kier molecular flexibility index (Phi) is 7.68. The van der Waals surface area contributed by atoms with Crippen LogP contribution in [-0.4, -0.2) is 52.9 Å². The molecule has 8 heteroatoms. The quantitative estimate of drug-likeness (QED) is 0.409. The minimum Gasteiger partial charge on any atom is -0.454 e. The van der Waals surface area contributed by atoms with E-state index in [1.165, 1.54) is 0 Å². The van der Waals surface area contributed by atoms with Crippen molar-refractivity contribution in [2.45, 2.75) is 48.5 Å². The minimum atomic E-state index is -1.20. The standard InChI is InChI=1S/C30H31NO5S.H2O/c1-34-19-25-6-3-15-31(25)37(33)26-10-7-22(8-11-26)23-5-2-4-21(16-23)17-29(32)30(13-14-30)24-9-12-27-28(18-24)36-20-35-27;/h2,4-5,7-12,16,18,25H,3,6,13-15,17,19-20H2,1H3;1H2/t25-,37?;/m1./s1. The molecule has 2 N–H and O–H groups in total. The number of Topliss-reactive ketones (excluding diaryl/α,β-unsaturated/α-hetero) is 1. The normalized spacial score (nSPS) is 20.1. The zero-order valence-electron chi connectivity index (χ0n) is 21.5. The van der Waals surface area contributed by atoms with E-state index in [4.69, 9.17) is 14.2 Å². The number of fused-ring (bicyclic) bond motifs is 1. The first kappa shape index (κ1) is 26.6. The maximum Gasteiger partial charge on any atom is 0.231 e. The van der Waals surface area contributed by atoms with E-state index in [1.54, 1.807) is 7.11 Å². The van der Waals surface area contributed by atoms with Gasteiger partial charge >= 0.3 is 0 Å². The molecule has 1 unspecified atom stereocenters. The van der Waals surface area contributed by atoms with Crippen molar-refractivity contribution in [2.24, 2.45) is 0 Å². The number of methoxy groups -OCH3 is 1. The third-order valence-corrected chi connectivity index (χ3v) is 9.37. The second-order valence-electron chi connectivity index (χ2n) is 10.1. The molecule has 2 heterocycles. The molecule has 0 amide bonds. The van der Waals surface area contributed by atoms with Crippen LogP contribution in [0.4, 0.5) is 0 Å². The van der Waals surface area contributed by atoms with E-state index < -0.39 is 16.4 Å². The Morgan fingerprint density at radius 2 is 1.82 bits per heavy atom. The van der Waals surface area contributed by atoms with Gasteiger partial charge in [-0.2, -0.15) is 0 Å². The van der Waals surface area contributed by atoms with Gasteiger partial charge in [-0.05, 0) is 72.2 Å². The van der Waals surface area contributed by atoms with Gasteiger partial charge in [0.05, 0.1) is 16.9 Å². The highest BCUT2D eigenvalue weighted by molar-refractivity contribution is 7.82. The summed E-state index contributed by atoms with van der Waals surface area (Å²) in [6.45, 7) is 1.66. The smallest absolute Gasteiger partial charge is 0.231 e. The highest BCUT2D eigenvalue weighted by Gasteiger charge is 2.50. The molecule has 3 aromatic carbocycles. The summed E-state index contributed by atoms with van der Waals surface area (Å²) in [5.41, 5.74) is 3.70. The first-order valence-corrected chi connectivity index (χ1v) is 14.0. The first-order chi connectivity index (χ1) is 18.1. The van der Waals surface area contributed by atoms with Crippen LogP contribution in [0.2, 0.25) is 0 Å². The molecular weight excluding hydrogens is 502 g/mol. The molecule has 2 atom stereocenters. The number of carbonyl (C=O) groups excluding carboxylic acids is 1. The summed E-state index contributed by atoms with van der Waals surface area (Å²) in [5.74, 6) is 1.71. The lowest BCUT2D eigenvalue weighted by Gasteiger charge is -2.22. The number of nitrogens with zero attached hydrogens (tertiary/aromatic N) is 1. The van der Waals surface area contributed by atoms with Crippen LogP contribution >= 0.6 is 0 Å². The van der Waals surface area contributed by atoms with Crippen LogP contribution in [-0.2, 0) is 32.4 Å². The molecular formula is C30H33NO6S. The van der Waals surface area contributed by atoms with Gasteiger partial charge < -0.3 is 19.7 Å². The van der Waals surface area contributed by atoms with Gasteiger partial charge in [-0.3, -0.25) is 4.79 Å². The zero-order valence-corrected chi connectivity index (χ0v) is 22.3. The lowest BCUT2D eigenvalue weighted by Crippen LogP contribution is -2.34. The summed E-state index contributed by atoms with van der Waals surface area (Å²) in [7, 11) is 0.495. The monoisotopic (exact) mass is 535 g/mol. The fourth-order valence-corrected chi connectivity index (χ4v) is 6.92. The second kappa shape index (κ2) is 11.0. The number of rotatable bonds is 9. The van der Waals surface area contributed by atoms with Gasteiger partial charge in [0, 0.05) is 26.1 Å². The van der Waals surface area contributed by atoms with Crippen LogP contribution in [0.5, 0.6) is 11.5 Å². The van der Waals surface area contributed by atoms with Crippen molar-refractivity contribution in [1.29, 1.82) is 0 Å². The number of benzene rings is 3. The number of ether oxygens (including phenoxy) is 3. The molecule has 38 heavy (non-hydrogen) atoms. The van der Waals surface area contributed by atoms with Crippen molar-refractivity contribution in [2.75, 3.05) is 27.1 Å². The molecule has 200 valence electrons. The van der Waals surface area contributed by atoms with Gasteiger partial charge in [-0.1, -0.05) is 42.5 Å². The van der Waals surface area contributed by atoms with Gasteiger partial charge in [0.15, 0.2) is 11.5 Å². The molecule has 0 spiro atoms. The van der Waals surface area contributed by atoms with E-state index in [9.17, 15) is 9.00 Å². The molecule has 1 saturated carbocycles. The number of hydrogen-bond donors (Lipinski definition) is 0. The largest absolute Gasteiger partial charge is 0.454 e. The van der Waals surface area contributed by atoms with Crippen molar-refractivity contribution in [3.05, 3.63) is 77.9 Å². The van der Waals surface area contributed by atoms with Crippen molar-refractivity contribution in [3.8, 4) is 22.6 Å². The predicted octanol–water partition coefficient (Wildman–Crippen LogP) is 4.23. The van der Waals surface area contributed by atoms with Gasteiger partial charge in [-0.15, -0.1) is 0 Å². The molecule has 7 nitrogen and oxygen atoms in total. The van der Waals surface area contributed by atoms with Crippen LogP contribution in [0.3, 0.4) is 0 Å². The summed E-state index contributed by atoms with van der Waals surface area (Å²) in [5, 5.41) is 0. The van der Waals surface area contributed by atoms with E-state index >= 15 is 0 Å². The van der Waals surface area contributed by atoms with E-state index in [1.807, 2.05) is 58.9 Å². The summed E-state index contributed by atoms with van der Waals surface area (Å²) in [4.78, 5) is 14.2. The predicted molar refractivity (Wildman–Crippen MR) is 146 cm³/mol. The van der Waals surface area contributed by atoms with Crippen LogP contribution in [0, 0.1) is 0 Å². The maximum absolute atomic E-state index is 13.4. The van der Waals surface area contributed by atoms with E-state index in [2.05, 4.69) is 12.1 Å². The Morgan fingerprint density at radius 1 is 1.03 bits per heavy atom. The van der Waals surface area contributed by atoms with Gasteiger partial charge in [0.25, 0.3) is 0 Å². The zero-order chi connectivity index (χ0) is 25.4. The molecule has 1 aliphatic carbocycles. The minimum absolute atomic E-state index is 0. The third-order valence-electron chi connectivity index (χ3n) is 7.79. The van der Waals surface area contributed by atoms with Crippen LogP contribution in [0.25, 0.3) is 11.1 Å². The summed E-state index contributed by atoms with van der Waals surface area (Å²) in [6.07, 6.45) is 4.18. The number of hydrogen-bond acceptors (Lipinski definition) is 5. The van der Waals surface area contributed by atoms with E-state index in [0.29, 0.717) is 13.0 Å². The van der Waals surface area contributed by atoms with Crippen LogP contribution < -0.4 is 9.47 Å². The summed E-state index contributed by atoms with van der Waals surface area (Å²) in [6, 6.07) is 22.2. The molecule has 2 aliphatic heterocycles. The SMILES string of the molecule is COC[C@H]1CCCN1S(=O)c1ccc(-c2cccc(CC(=O)C3(c4ccc5c(c4)OCO5)CC3)c2)cc1.O. The van der Waals surface area contributed by atoms with Gasteiger partial charge in [0.2, 0.25) is 6.79 Å². The Hall–Kier alpha value is -3.04. The molecule has 0 aromatic heterocycles. The lowest BCUT2D eigenvalue weighted by atomic mass is 9.87. The molecule has 0 radical (unpaired) electrons. The van der Waals surface area contributed by atoms with Crippen molar-refractivity contribution >= 4 is 16.8 Å². The highest BCUT2D eigenvalue weighted by Crippen LogP contribution is 2.51. The average Bonchev–Trinajstić information content (AvgIpc) is 3.38. The molecule has 1 saturated heterocycles. The summed E-state index contributed by atoms with van der Waals surface area (Å²) < 4.78 is 31.5. The summed E-state index contributed by atoms with van der Waals surface area (Å²) >= 11 is 0. The number of carbonyl (C=O) groups is 1. The lowest BCUT2D eigenvalue weighted by molar-refractivity contribution is -0.120. The van der Waals surface area contributed by atoms with Crippen LogP contribution in [0.1, 0.15) is 36.8 Å². The molecule has 0 bridgehead atoms. The maximum atomic E-state index is 13.4. The molecule has 6 rings (SSSR count). The van der Waals surface area contributed by atoms with Gasteiger partial charge in [0.1, 0.15) is 16.8 Å². The molecule has 3 aromatic rings. The Labute approximate surface area is 225 Å². The fraction of sp³-hybridized carbons (Fsp3) is 0.367. The Bertz CT molecular complexity index is 1340. The van der Waals surface area contributed by atoms with Crippen molar-refractivity contribution in [3.63, 3.8) is 0 Å². The topological polar surface area (TPSA) is 96.6 Å². The third kappa shape index (κ3) is 5.01. The van der Waals surface area contributed by atoms with Crippen molar-refractivity contribution < 1.29 is 28.7 Å². The van der Waals surface area contributed by atoms with E-state index in [-0.39, 0.29) is 24.1 Å². The highest BCUT2D eigenvalue weighted by atomic mass is 32.2. The number of ketones is 1. The Morgan fingerprint density at radius 3 is 2.58 bits per heavy atom. The van der Waals surface area contributed by atoms with Crippen LogP contribution in [0.15, 0.2) is 71.6 Å². The van der Waals surface area contributed by atoms with E-state index in [0.717, 1.165) is 70.9 Å². The molecule has 2 fully saturated rings. The van der Waals surface area contributed by atoms with Crippen molar-refractivity contribution in [1.82, 2.24) is 4.31 Å². The first-order valence-electron chi connectivity index (χ1n) is 12.9.